The molecule has 2 N–H and O–H groups in total. The summed E-state index contributed by atoms with van der Waals surface area (Å²) >= 11 is 6.89. The highest BCUT2D eigenvalue weighted by atomic mass is 79.9. The summed E-state index contributed by atoms with van der Waals surface area (Å²) in [6, 6.07) is 3.92. The molecule has 1 aromatic carbocycles. The molecule has 1 atom stereocenters. The standard InChI is InChI=1S/C14H19Br2NO/c1-2-5-17(8-10-3-4-10)9-11-6-12(15)7-13(16)14(11)18/h6-7,10,18H,2-5,8-9H2,1H3/p+1. The number of hydrogen-bond acceptors (Lipinski definition) is 1. The van der Waals surface area contributed by atoms with E-state index in [2.05, 4.69) is 38.8 Å². The zero-order valence-electron chi connectivity index (χ0n) is 10.7. The number of hydrogen-bond donors (Lipinski definition) is 2. The number of halogens is 2. The highest BCUT2D eigenvalue weighted by Gasteiger charge is 2.27. The van der Waals surface area contributed by atoms with Gasteiger partial charge in [0.15, 0.2) is 0 Å². The van der Waals surface area contributed by atoms with Crippen LogP contribution in [-0.2, 0) is 6.54 Å². The molecule has 0 aliphatic heterocycles. The van der Waals surface area contributed by atoms with Gasteiger partial charge in [0, 0.05) is 10.4 Å². The minimum atomic E-state index is 0.391. The van der Waals surface area contributed by atoms with Crippen molar-refractivity contribution in [2.24, 2.45) is 5.92 Å². The van der Waals surface area contributed by atoms with Crippen molar-refractivity contribution in [2.45, 2.75) is 32.7 Å². The van der Waals surface area contributed by atoms with Crippen LogP contribution in [0.5, 0.6) is 5.75 Å². The summed E-state index contributed by atoms with van der Waals surface area (Å²) in [5, 5.41) is 10.1. The lowest BCUT2D eigenvalue weighted by atomic mass is 10.1. The van der Waals surface area contributed by atoms with Gasteiger partial charge in [-0.05, 0) is 47.3 Å². The number of quaternary nitrogens is 1. The van der Waals surface area contributed by atoms with Crippen LogP contribution >= 0.6 is 31.9 Å². The van der Waals surface area contributed by atoms with Gasteiger partial charge in [0.1, 0.15) is 12.3 Å². The van der Waals surface area contributed by atoms with Gasteiger partial charge in [0.25, 0.3) is 0 Å². The lowest BCUT2D eigenvalue weighted by molar-refractivity contribution is -0.915. The van der Waals surface area contributed by atoms with Crippen molar-refractivity contribution in [1.29, 1.82) is 0 Å². The van der Waals surface area contributed by atoms with Gasteiger partial charge in [-0.15, -0.1) is 0 Å². The Labute approximate surface area is 126 Å². The van der Waals surface area contributed by atoms with Crippen molar-refractivity contribution in [2.75, 3.05) is 13.1 Å². The first kappa shape index (κ1) is 14.4. The number of phenols is 1. The van der Waals surface area contributed by atoms with Crippen molar-refractivity contribution < 1.29 is 10.0 Å². The number of benzene rings is 1. The van der Waals surface area contributed by atoms with Crippen LogP contribution < -0.4 is 4.90 Å². The molecule has 0 heterocycles. The minimum absolute atomic E-state index is 0.391. The highest BCUT2D eigenvalue weighted by molar-refractivity contribution is 9.11. The maximum Gasteiger partial charge on any atom is 0.138 e. The van der Waals surface area contributed by atoms with Gasteiger partial charge >= 0.3 is 0 Å². The van der Waals surface area contributed by atoms with Crippen molar-refractivity contribution in [3.8, 4) is 5.75 Å². The van der Waals surface area contributed by atoms with Crippen LogP contribution in [0.25, 0.3) is 0 Å². The maximum absolute atomic E-state index is 10.1. The van der Waals surface area contributed by atoms with Gasteiger partial charge in [-0.3, -0.25) is 0 Å². The van der Waals surface area contributed by atoms with E-state index in [0.717, 1.165) is 27.0 Å². The number of aromatic hydroxyl groups is 1. The van der Waals surface area contributed by atoms with Crippen LogP contribution in [0.3, 0.4) is 0 Å². The fourth-order valence-corrected chi connectivity index (χ4v) is 3.68. The van der Waals surface area contributed by atoms with Crippen molar-refractivity contribution in [3.63, 3.8) is 0 Å². The Bertz CT molecular complexity index is 419. The van der Waals surface area contributed by atoms with E-state index in [1.165, 1.54) is 32.4 Å². The fraction of sp³-hybridized carbons (Fsp3) is 0.571. The van der Waals surface area contributed by atoms with Crippen molar-refractivity contribution >= 4 is 31.9 Å². The van der Waals surface area contributed by atoms with E-state index >= 15 is 0 Å². The highest BCUT2D eigenvalue weighted by Crippen LogP contribution is 2.31. The van der Waals surface area contributed by atoms with Gasteiger partial charge in [0.2, 0.25) is 0 Å². The number of nitrogens with one attached hydrogen (secondary N) is 1. The molecule has 18 heavy (non-hydrogen) atoms. The van der Waals surface area contributed by atoms with E-state index in [1.54, 1.807) is 4.90 Å². The Morgan fingerprint density at radius 3 is 2.67 bits per heavy atom. The van der Waals surface area contributed by atoms with Crippen molar-refractivity contribution in [3.05, 3.63) is 26.6 Å². The molecule has 1 fully saturated rings. The van der Waals surface area contributed by atoms with Gasteiger partial charge in [0.05, 0.1) is 23.1 Å². The SMILES string of the molecule is CCC[NH+](Cc1cc(Br)cc(Br)c1O)CC1CC1. The average Bonchev–Trinajstić information content (AvgIpc) is 3.09. The van der Waals surface area contributed by atoms with E-state index < -0.39 is 0 Å². The molecule has 100 valence electrons. The summed E-state index contributed by atoms with van der Waals surface area (Å²) in [5.41, 5.74) is 1.03. The molecule has 0 spiro atoms. The Morgan fingerprint density at radius 2 is 2.06 bits per heavy atom. The number of phenolic OH excluding ortho intramolecular Hbond substituents is 1. The molecule has 0 saturated heterocycles. The van der Waals surface area contributed by atoms with Crippen LogP contribution in [0.4, 0.5) is 0 Å². The molecule has 0 radical (unpaired) electrons. The third-order valence-electron chi connectivity index (χ3n) is 3.43. The smallest absolute Gasteiger partial charge is 0.138 e. The lowest BCUT2D eigenvalue weighted by Crippen LogP contribution is -3.11. The van der Waals surface area contributed by atoms with Crippen LogP contribution in [-0.4, -0.2) is 18.2 Å². The third kappa shape index (κ3) is 3.97. The van der Waals surface area contributed by atoms with Crippen LogP contribution in [0, 0.1) is 5.92 Å². The average molecular weight is 378 g/mol. The van der Waals surface area contributed by atoms with E-state index in [0.29, 0.717) is 5.75 Å². The molecular weight excluding hydrogens is 358 g/mol. The number of rotatable bonds is 6. The molecule has 1 unspecified atom stereocenters. The van der Waals surface area contributed by atoms with Gasteiger partial charge < -0.3 is 10.0 Å². The fourth-order valence-electron chi connectivity index (χ4n) is 2.37. The van der Waals surface area contributed by atoms with Gasteiger partial charge in [-0.1, -0.05) is 22.9 Å². The predicted octanol–water partition coefficient (Wildman–Crippen LogP) is 3.12. The minimum Gasteiger partial charge on any atom is -0.506 e. The Morgan fingerprint density at radius 1 is 1.33 bits per heavy atom. The zero-order valence-corrected chi connectivity index (χ0v) is 13.8. The summed E-state index contributed by atoms with van der Waals surface area (Å²) in [5.74, 6) is 1.31. The van der Waals surface area contributed by atoms with Gasteiger partial charge in [-0.2, -0.15) is 0 Å². The summed E-state index contributed by atoms with van der Waals surface area (Å²) < 4.78 is 1.79. The Balaban J connectivity index is 2.09. The van der Waals surface area contributed by atoms with E-state index in [4.69, 9.17) is 0 Å². The van der Waals surface area contributed by atoms with Crippen LogP contribution in [0.15, 0.2) is 21.1 Å². The van der Waals surface area contributed by atoms with Gasteiger partial charge in [-0.25, -0.2) is 0 Å². The molecule has 4 heteroatoms. The Hall–Kier alpha value is -0.0600. The molecule has 0 aromatic heterocycles. The first-order valence-corrected chi connectivity index (χ1v) is 8.19. The molecule has 0 bridgehead atoms. The normalized spacial score (nSPS) is 16.8. The molecule has 1 aliphatic rings. The van der Waals surface area contributed by atoms with E-state index in [-0.39, 0.29) is 0 Å². The quantitative estimate of drug-likeness (QED) is 0.782. The topological polar surface area (TPSA) is 24.7 Å². The van der Waals surface area contributed by atoms with Crippen LogP contribution in [0.2, 0.25) is 0 Å². The first-order valence-electron chi connectivity index (χ1n) is 6.60. The monoisotopic (exact) mass is 376 g/mol. The molecule has 2 rings (SSSR count). The summed E-state index contributed by atoms with van der Waals surface area (Å²) in [6.45, 7) is 5.56. The Kier molecular flexibility index (Phi) is 5.10. The van der Waals surface area contributed by atoms with Crippen LogP contribution in [0.1, 0.15) is 31.7 Å². The van der Waals surface area contributed by atoms with E-state index in [1.807, 2.05) is 12.1 Å². The molecular formula is C14H20Br2NO+. The molecule has 1 aliphatic carbocycles. The van der Waals surface area contributed by atoms with Crippen molar-refractivity contribution in [1.82, 2.24) is 0 Å². The molecule has 1 saturated carbocycles. The molecule has 2 nitrogen and oxygen atoms in total. The molecule has 0 amide bonds. The third-order valence-corrected chi connectivity index (χ3v) is 4.49. The largest absolute Gasteiger partial charge is 0.506 e. The summed E-state index contributed by atoms with van der Waals surface area (Å²) in [7, 11) is 0. The second kappa shape index (κ2) is 6.40. The lowest BCUT2D eigenvalue weighted by Gasteiger charge is -2.19. The maximum atomic E-state index is 10.1. The zero-order chi connectivity index (χ0) is 13.1. The second-order valence-electron chi connectivity index (χ2n) is 5.22. The predicted molar refractivity (Wildman–Crippen MR) is 80.9 cm³/mol. The second-order valence-corrected chi connectivity index (χ2v) is 6.99. The first-order chi connectivity index (χ1) is 8.60. The summed E-state index contributed by atoms with van der Waals surface area (Å²) in [6.07, 6.45) is 3.97. The molecule has 1 aromatic rings. The van der Waals surface area contributed by atoms with E-state index in [9.17, 15) is 5.11 Å². The summed E-state index contributed by atoms with van der Waals surface area (Å²) in [4.78, 5) is 1.58.